The molecule has 0 spiro atoms. The summed E-state index contributed by atoms with van der Waals surface area (Å²) >= 11 is 5.95. The van der Waals surface area contributed by atoms with Gasteiger partial charge in [0.25, 0.3) is 5.91 Å². The summed E-state index contributed by atoms with van der Waals surface area (Å²) < 4.78 is 5.62. The molecule has 0 heterocycles. The molecule has 1 aromatic carbocycles. The van der Waals surface area contributed by atoms with Gasteiger partial charge >= 0.3 is 0 Å². The number of hydrogen-bond acceptors (Lipinski definition) is 2. The van der Waals surface area contributed by atoms with Crippen LogP contribution in [-0.4, -0.2) is 18.1 Å². The van der Waals surface area contributed by atoms with Crippen LogP contribution in [0.5, 0.6) is 5.75 Å². The Kier molecular flexibility index (Phi) is 5.67. The molecule has 0 aromatic heterocycles. The van der Waals surface area contributed by atoms with Crippen LogP contribution in [0.3, 0.4) is 0 Å². The Bertz CT molecular complexity index is 446. The van der Waals surface area contributed by atoms with Crippen LogP contribution >= 0.6 is 11.6 Å². The Morgan fingerprint density at radius 2 is 1.89 bits per heavy atom. The minimum absolute atomic E-state index is 0.103. The molecule has 3 nitrogen and oxygen atoms in total. The minimum Gasteiger partial charge on any atom is -0.481 e. The third-order valence-corrected chi connectivity index (χ3v) is 3.61. The number of carbonyl (C=O) groups is 1. The number of halogens is 1. The van der Waals surface area contributed by atoms with Gasteiger partial charge in [0.2, 0.25) is 0 Å². The van der Waals surface area contributed by atoms with Crippen molar-refractivity contribution in [3.63, 3.8) is 0 Å². The Morgan fingerprint density at radius 1 is 1.26 bits per heavy atom. The number of benzene rings is 1. The van der Waals surface area contributed by atoms with E-state index in [4.69, 9.17) is 16.3 Å². The van der Waals surface area contributed by atoms with Gasteiger partial charge in [0.1, 0.15) is 5.75 Å². The van der Waals surface area contributed by atoms with Gasteiger partial charge in [-0.15, -0.1) is 0 Å². The Morgan fingerprint density at radius 3 is 2.42 bits per heavy atom. The Labute approximate surface area is 120 Å². The molecule has 1 amide bonds. The van der Waals surface area contributed by atoms with Crippen molar-refractivity contribution < 1.29 is 9.53 Å². The molecule has 1 N–H and O–H groups in total. The van der Waals surface area contributed by atoms with Crippen LogP contribution in [0.1, 0.15) is 33.3 Å². The molecule has 2 atom stereocenters. The molecular weight excluding hydrogens is 262 g/mol. The molecule has 19 heavy (non-hydrogen) atoms. The lowest BCUT2D eigenvalue weighted by molar-refractivity contribution is -0.128. The lowest BCUT2D eigenvalue weighted by Gasteiger charge is -2.21. The molecule has 0 unspecified atom stereocenters. The molecule has 0 saturated heterocycles. The third-order valence-electron chi connectivity index (χ3n) is 3.18. The first kappa shape index (κ1) is 15.8. The van der Waals surface area contributed by atoms with Crippen LogP contribution in [0, 0.1) is 12.8 Å². The van der Waals surface area contributed by atoms with E-state index in [1.54, 1.807) is 19.1 Å². The van der Waals surface area contributed by atoms with Gasteiger partial charge in [-0.25, -0.2) is 0 Å². The zero-order valence-electron chi connectivity index (χ0n) is 12.2. The highest BCUT2D eigenvalue weighted by Crippen LogP contribution is 2.21. The van der Waals surface area contributed by atoms with E-state index in [1.807, 2.05) is 19.9 Å². The van der Waals surface area contributed by atoms with Crippen molar-refractivity contribution in [2.45, 2.75) is 46.8 Å². The molecule has 0 aliphatic heterocycles. The maximum absolute atomic E-state index is 12.0. The summed E-state index contributed by atoms with van der Waals surface area (Å²) in [7, 11) is 0. The Balaban J connectivity index is 2.61. The average molecular weight is 284 g/mol. The van der Waals surface area contributed by atoms with E-state index >= 15 is 0 Å². The number of rotatable bonds is 5. The number of aryl methyl sites for hydroxylation is 1. The van der Waals surface area contributed by atoms with Crippen LogP contribution in [0.25, 0.3) is 0 Å². The first-order valence-electron chi connectivity index (χ1n) is 6.54. The topological polar surface area (TPSA) is 38.3 Å². The quantitative estimate of drug-likeness (QED) is 0.897. The molecule has 0 aliphatic carbocycles. The van der Waals surface area contributed by atoms with Crippen molar-refractivity contribution in [2.75, 3.05) is 0 Å². The highest BCUT2D eigenvalue weighted by atomic mass is 35.5. The highest BCUT2D eigenvalue weighted by molar-refractivity contribution is 6.31. The Hall–Kier alpha value is -1.22. The smallest absolute Gasteiger partial charge is 0.260 e. The number of hydrogen-bond donors (Lipinski definition) is 1. The molecule has 1 rings (SSSR count). The van der Waals surface area contributed by atoms with E-state index in [-0.39, 0.29) is 11.9 Å². The fraction of sp³-hybridized carbons (Fsp3) is 0.533. The molecule has 106 valence electrons. The van der Waals surface area contributed by atoms with E-state index < -0.39 is 6.10 Å². The molecule has 0 aliphatic rings. The molecule has 0 radical (unpaired) electrons. The lowest BCUT2D eigenvalue weighted by Crippen LogP contribution is -2.43. The predicted molar refractivity (Wildman–Crippen MR) is 78.7 cm³/mol. The van der Waals surface area contributed by atoms with Crippen molar-refractivity contribution in [3.05, 3.63) is 28.8 Å². The molecule has 1 aromatic rings. The summed E-state index contributed by atoms with van der Waals surface area (Å²) in [6.07, 6.45) is -0.526. The highest BCUT2D eigenvalue weighted by Gasteiger charge is 2.18. The molecule has 4 heteroatoms. The zero-order valence-corrected chi connectivity index (χ0v) is 12.9. The van der Waals surface area contributed by atoms with Gasteiger partial charge < -0.3 is 10.1 Å². The van der Waals surface area contributed by atoms with Gasteiger partial charge in [0, 0.05) is 11.1 Å². The first-order chi connectivity index (χ1) is 8.81. The van der Waals surface area contributed by atoms with Crippen LogP contribution in [0.4, 0.5) is 0 Å². The second kappa shape index (κ2) is 6.80. The van der Waals surface area contributed by atoms with Gasteiger partial charge in [0.05, 0.1) is 0 Å². The molecule has 0 fully saturated rings. The largest absolute Gasteiger partial charge is 0.481 e. The predicted octanol–water partition coefficient (Wildman–Crippen LogP) is 3.58. The summed E-state index contributed by atoms with van der Waals surface area (Å²) in [6.45, 7) is 9.77. The lowest BCUT2D eigenvalue weighted by atomic mass is 10.1. The maximum Gasteiger partial charge on any atom is 0.260 e. The summed E-state index contributed by atoms with van der Waals surface area (Å²) in [5, 5.41) is 3.63. The number of amides is 1. The number of carbonyl (C=O) groups excluding carboxylic acids is 1. The summed E-state index contributed by atoms with van der Waals surface area (Å²) in [5.41, 5.74) is 0.933. The van der Waals surface area contributed by atoms with E-state index in [0.717, 1.165) is 5.56 Å². The fourth-order valence-corrected chi connectivity index (χ4v) is 1.57. The van der Waals surface area contributed by atoms with E-state index in [0.29, 0.717) is 16.7 Å². The average Bonchev–Trinajstić information content (AvgIpc) is 2.33. The number of ether oxygens (including phenoxy) is 1. The van der Waals surface area contributed by atoms with Crippen LogP contribution in [-0.2, 0) is 4.79 Å². The van der Waals surface area contributed by atoms with Crippen molar-refractivity contribution >= 4 is 17.5 Å². The molecular formula is C15H22ClNO2. The summed E-state index contributed by atoms with van der Waals surface area (Å²) in [4.78, 5) is 12.0. The normalized spacial score (nSPS) is 14.1. The van der Waals surface area contributed by atoms with Gasteiger partial charge in [-0.1, -0.05) is 25.4 Å². The summed E-state index contributed by atoms with van der Waals surface area (Å²) in [6, 6.07) is 5.50. The van der Waals surface area contributed by atoms with E-state index in [1.165, 1.54) is 0 Å². The van der Waals surface area contributed by atoms with Gasteiger partial charge in [-0.3, -0.25) is 4.79 Å². The van der Waals surface area contributed by atoms with Crippen molar-refractivity contribution in [3.8, 4) is 5.75 Å². The van der Waals surface area contributed by atoms with Gasteiger partial charge in [0.15, 0.2) is 6.10 Å². The minimum atomic E-state index is -0.526. The van der Waals surface area contributed by atoms with E-state index in [9.17, 15) is 4.79 Å². The van der Waals surface area contributed by atoms with Crippen LogP contribution in [0.2, 0.25) is 5.02 Å². The standard InChI is InChI=1S/C15H22ClNO2/c1-9(2)11(4)17-15(18)12(5)19-13-6-7-14(16)10(3)8-13/h6-9,11-12H,1-5H3,(H,17,18)/t11-,12+/m1/s1. The van der Waals surface area contributed by atoms with Crippen molar-refractivity contribution in [1.29, 1.82) is 0 Å². The molecule has 0 bridgehead atoms. The van der Waals surface area contributed by atoms with E-state index in [2.05, 4.69) is 19.2 Å². The monoisotopic (exact) mass is 283 g/mol. The first-order valence-corrected chi connectivity index (χ1v) is 6.92. The fourth-order valence-electron chi connectivity index (χ4n) is 1.46. The molecule has 0 saturated carbocycles. The van der Waals surface area contributed by atoms with Crippen LogP contribution in [0.15, 0.2) is 18.2 Å². The zero-order chi connectivity index (χ0) is 14.6. The second-order valence-corrected chi connectivity index (χ2v) is 5.62. The summed E-state index contributed by atoms with van der Waals surface area (Å²) in [5.74, 6) is 0.949. The van der Waals surface area contributed by atoms with Crippen molar-refractivity contribution in [2.24, 2.45) is 5.92 Å². The second-order valence-electron chi connectivity index (χ2n) is 5.21. The maximum atomic E-state index is 12.0. The van der Waals surface area contributed by atoms with Gasteiger partial charge in [-0.2, -0.15) is 0 Å². The SMILES string of the molecule is Cc1cc(O[C@@H](C)C(=O)N[C@H](C)C(C)C)ccc1Cl. The van der Waals surface area contributed by atoms with Crippen LogP contribution < -0.4 is 10.1 Å². The number of nitrogens with one attached hydrogen (secondary N) is 1. The third kappa shape index (κ3) is 4.75. The van der Waals surface area contributed by atoms with Crippen molar-refractivity contribution in [1.82, 2.24) is 5.32 Å². The van der Waals surface area contributed by atoms with Gasteiger partial charge in [-0.05, 0) is 50.5 Å².